The van der Waals surface area contributed by atoms with E-state index in [1.165, 1.54) is 153 Å². The van der Waals surface area contributed by atoms with Crippen molar-refractivity contribution in [2.24, 2.45) is 11.8 Å². The van der Waals surface area contributed by atoms with Gasteiger partial charge in [-0.3, -0.25) is 0 Å². The Balaban J connectivity index is 0.000000211. The third-order valence-electron chi connectivity index (χ3n) is 11.4. The molecule has 59 heavy (non-hydrogen) atoms. The molecular formula is C52H57Cl2F3SiZr-2. The first-order valence-electron chi connectivity index (χ1n) is 21.3. The van der Waals surface area contributed by atoms with Gasteiger partial charge >= 0.3 is 67.1 Å². The Morgan fingerprint density at radius 1 is 0.627 bits per heavy atom. The Morgan fingerprint density at radius 2 is 1.02 bits per heavy atom. The topological polar surface area (TPSA) is 0 Å². The van der Waals surface area contributed by atoms with Gasteiger partial charge in [-0.15, -0.1) is 80.6 Å². The van der Waals surface area contributed by atoms with E-state index in [-0.39, 0.29) is 24.8 Å². The first-order valence-corrected chi connectivity index (χ1v) is 27.2. The second kappa shape index (κ2) is 24.1. The second-order valence-corrected chi connectivity index (χ2v) is 24.5. The molecule has 0 unspecified atom stereocenters. The maximum Gasteiger partial charge on any atom is -1.00 e. The van der Waals surface area contributed by atoms with E-state index in [1.807, 2.05) is 6.55 Å². The van der Waals surface area contributed by atoms with Gasteiger partial charge in [0.2, 0.25) is 0 Å². The van der Waals surface area contributed by atoms with Gasteiger partial charge in [-0.1, -0.05) is 162 Å². The van der Waals surface area contributed by atoms with Gasteiger partial charge in [0.1, 0.15) is 0 Å². The molecule has 4 aliphatic rings. The molecule has 7 heteroatoms. The van der Waals surface area contributed by atoms with Gasteiger partial charge in [0.15, 0.2) is 0 Å². The Labute approximate surface area is 378 Å². The van der Waals surface area contributed by atoms with Gasteiger partial charge in [-0.25, -0.2) is 0 Å². The first-order chi connectivity index (χ1) is 27.6. The minimum absolute atomic E-state index is 0. The number of aryl methyl sites for hydroxylation is 2. The Morgan fingerprint density at radius 3 is 1.34 bits per heavy atom. The summed E-state index contributed by atoms with van der Waals surface area (Å²) in [7, 11) is 0. The minimum atomic E-state index is -3.93. The van der Waals surface area contributed by atoms with Crippen molar-refractivity contribution in [1.82, 2.24) is 0 Å². The van der Waals surface area contributed by atoms with Crippen molar-refractivity contribution in [3.8, 4) is 22.3 Å². The average Bonchev–Trinajstić information content (AvgIpc) is 4.04. The van der Waals surface area contributed by atoms with Gasteiger partial charge in [0, 0.05) is 0 Å². The van der Waals surface area contributed by atoms with Crippen LogP contribution in [0.5, 0.6) is 0 Å². The summed E-state index contributed by atoms with van der Waals surface area (Å²) in [5, 5.41) is 5.17. The van der Waals surface area contributed by atoms with Crippen molar-refractivity contribution in [1.29, 1.82) is 0 Å². The van der Waals surface area contributed by atoms with Crippen LogP contribution in [0.25, 0.3) is 46.6 Å². The molecule has 8 rings (SSSR count). The fourth-order valence-corrected chi connectivity index (χ4v) is 9.98. The smallest absolute Gasteiger partial charge is 1.00 e. The molecule has 0 spiro atoms. The van der Waals surface area contributed by atoms with Crippen molar-refractivity contribution in [3.05, 3.63) is 140 Å². The monoisotopic (exact) mass is 926 g/mol. The molecule has 0 bridgehead atoms. The fourth-order valence-electron chi connectivity index (χ4n) is 8.40. The zero-order valence-electron chi connectivity index (χ0n) is 34.8. The molecule has 4 aromatic carbocycles. The van der Waals surface area contributed by atoms with Gasteiger partial charge in [-0.05, 0) is 46.9 Å². The van der Waals surface area contributed by atoms with E-state index < -0.39 is 18.0 Å². The molecule has 0 N–H and O–H groups in total. The predicted octanol–water partition coefficient (Wildman–Crippen LogP) is 5.86. The zero-order chi connectivity index (χ0) is 40.2. The number of rotatable bonds is 10. The Bertz CT molecular complexity index is 2140. The van der Waals surface area contributed by atoms with Crippen LogP contribution >= 0.6 is 0 Å². The average molecular weight is 929 g/mol. The van der Waals surface area contributed by atoms with Crippen molar-refractivity contribution in [2.45, 2.75) is 116 Å². The zero-order valence-corrected chi connectivity index (χ0v) is 39.8. The summed E-state index contributed by atoms with van der Waals surface area (Å²) >= 11 is 1.29. The number of benzene rings is 4. The summed E-state index contributed by atoms with van der Waals surface area (Å²) in [6.07, 6.45) is 27.9. The predicted molar refractivity (Wildman–Crippen MR) is 233 cm³/mol. The van der Waals surface area contributed by atoms with E-state index in [0.29, 0.717) is 6.04 Å². The molecule has 0 saturated heterocycles. The SMILES string of the molecule is CCCc1ccc(-c2cccc3c2=CC(=CC2CCCC2)[C-]=3)cc1.CCCc1ccc(-c2cccc3c2=CC(=CC2CCCC2)[C-]=3)cc1.C[Si](=[Zr+2])CCC(F)(F)F.[Cl-].[Cl-]. The number of halogens is 5. The van der Waals surface area contributed by atoms with Crippen LogP contribution in [0.15, 0.2) is 108 Å². The van der Waals surface area contributed by atoms with E-state index in [1.54, 1.807) is 0 Å². The largest absolute Gasteiger partial charge is 1.00 e. The maximum atomic E-state index is 11.4. The van der Waals surface area contributed by atoms with Crippen LogP contribution in [0.2, 0.25) is 12.6 Å². The Kier molecular flexibility index (Phi) is 20.0. The molecule has 310 valence electrons. The maximum absolute atomic E-state index is 11.4. The third-order valence-corrected chi connectivity index (χ3v) is 14.2. The van der Waals surface area contributed by atoms with Gasteiger partial charge in [0.25, 0.3) is 0 Å². The molecule has 0 nitrogen and oxygen atoms in total. The second-order valence-electron chi connectivity index (χ2n) is 16.2. The van der Waals surface area contributed by atoms with Crippen molar-refractivity contribution in [2.75, 3.05) is 0 Å². The fraction of sp³-hybridized carbons (Fsp3) is 0.385. The normalized spacial score (nSPS) is 16.8. The molecule has 2 fully saturated rings. The van der Waals surface area contributed by atoms with Gasteiger partial charge < -0.3 is 24.8 Å². The van der Waals surface area contributed by atoms with E-state index in [4.69, 9.17) is 0 Å². The van der Waals surface area contributed by atoms with Crippen LogP contribution in [-0.4, -0.2) is 11.6 Å². The van der Waals surface area contributed by atoms with Crippen LogP contribution < -0.4 is 45.7 Å². The van der Waals surface area contributed by atoms with Crippen LogP contribution in [0.1, 0.15) is 95.6 Å². The van der Waals surface area contributed by atoms with E-state index >= 15 is 0 Å². The summed E-state index contributed by atoms with van der Waals surface area (Å²) in [4.78, 5) is 0. The number of alkyl halides is 3. The summed E-state index contributed by atoms with van der Waals surface area (Å²) in [5.74, 6) is 1.52. The molecule has 2 saturated carbocycles. The number of hydrogen-bond acceptors (Lipinski definition) is 0. The quantitative estimate of drug-likeness (QED) is 0.138. The third kappa shape index (κ3) is 14.7. The van der Waals surface area contributed by atoms with Crippen molar-refractivity contribution < 1.29 is 61.3 Å². The molecule has 0 heterocycles. The van der Waals surface area contributed by atoms with E-state index in [9.17, 15) is 13.2 Å². The summed E-state index contributed by atoms with van der Waals surface area (Å²) in [6.45, 7) is 6.39. The summed E-state index contributed by atoms with van der Waals surface area (Å²) in [6, 6.07) is 31.7. The van der Waals surface area contributed by atoms with Crippen LogP contribution in [0.3, 0.4) is 0 Å². The Hall–Kier alpha value is -2.69. The van der Waals surface area contributed by atoms with Crippen molar-refractivity contribution in [3.63, 3.8) is 0 Å². The first kappa shape index (κ1) is 49.0. The summed E-state index contributed by atoms with van der Waals surface area (Å²) in [5.41, 5.74) is 10.1. The van der Waals surface area contributed by atoms with Crippen LogP contribution in [-0.2, 0) is 36.2 Å². The molecule has 0 aromatic heterocycles. The molecule has 0 radical (unpaired) electrons. The van der Waals surface area contributed by atoms with Crippen LogP contribution in [0, 0.1) is 11.8 Å². The van der Waals surface area contributed by atoms with E-state index in [0.717, 1.165) is 24.7 Å². The molecule has 4 aliphatic carbocycles. The van der Waals surface area contributed by atoms with E-state index in [2.05, 4.69) is 135 Å². The number of hydrogen-bond donors (Lipinski definition) is 0. The van der Waals surface area contributed by atoms with Crippen molar-refractivity contribution >= 4 is 29.7 Å². The molecular weight excluding hydrogens is 872 g/mol. The van der Waals surface area contributed by atoms with Gasteiger partial charge in [-0.2, -0.15) is 0 Å². The van der Waals surface area contributed by atoms with Crippen LogP contribution in [0.4, 0.5) is 13.2 Å². The molecule has 0 atom stereocenters. The molecule has 0 aliphatic heterocycles. The standard InChI is InChI=1S/2C24H25.C4H7F3Si.2ClH.Zr/c2*1-2-6-18-11-13-21(14-12-18)23-10-5-9-22-16-20(17-24(22)23)15-19-7-3-4-8-19;1-8-3-2-4(5,6)7;;;/h2*5,9-15,17,19H,2-4,6-8H2,1H3;2-3H2,1H3;2*1H;/q2*-1;;;;+2/p-2. The summed E-state index contributed by atoms with van der Waals surface area (Å²) < 4.78 is 34.3. The minimum Gasteiger partial charge on any atom is -1.00 e. The molecule has 0 amide bonds. The number of allylic oxidation sites excluding steroid dienone is 4. The number of fused-ring (bicyclic) bond motifs is 2. The van der Waals surface area contributed by atoms with Gasteiger partial charge in [0.05, 0.1) is 0 Å². The molecule has 4 aromatic rings.